The number of ether oxygens (including phenoxy) is 2. The highest BCUT2D eigenvalue weighted by Crippen LogP contribution is 2.40. The van der Waals surface area contributed by atoms with Crippen LogP contribution in [0.2, 0.25) is 5.02 Å². The largest absolute Gasteiger partial charge is 0.482 e. The van der Waals surface area contributed by atoms with Gasteiger partial charge in [0.1, 0.15) is 46.6 Å². The normalized spacial score (nSPS) is 20.1. The first kappa shape index (κ1) is 51.0. The van der Waals surface area contributed by atoms with E-state index in [1.807, 2.05) is 106 Å². The highest BCUT2D eigenvalue weighted by molar-refractivity contribution is 7.15. The van der Waals surface area contributed by atoms with Gasteiger partial charge < -0.3 is 40.0 Å². The van der Waals surface area contributed by atoms with Crippen molar-refractivity contribution in [2.45, 2.75) is 117 Å². The fourth-order valence-corrected chi connectivity index (χ4v) is 10.8. The summed E-state index contributed by atoms with van der Waals surface area (Å²) < 4.78 is 15.8. The third kappa shape index (κ3) is 11.0. The first-order valence-electron chi connectivity index (χ1n) is 24.4. The molecule has 73 heavy (non-hydrogen) atoms. The van der Waals surface area contributed by atoms with E-state index in [0.717, 1.165) is 55.1 Å². The molecule has 9 rings (SSSR count). The number of rotatable bonds is 15. The lowest BCUT2D eigenvalue weighted by Gasteiger charge is -2.35. The van der Waals surface area contributed by atoms with Crippen LogP contribution < -0.4 is 25.4 Å². The Balaban J connectivity index is 0.750. The molecule has 1 aliphatic carbocycles. The van der Waals surface area contributed by atoms with Crippen molar-refractivity contribution in [2.75, 3.05) is 13.2 Å². The van der Waals surface area contributed by atoms with Crippen LogP contribution in [0, 0.1) is 26.2 Å². The second-order valence-corrected chi connectivity index (χ2v) is 21.8. The number of aromatic nitrogens is 6. The Morgan fingerprint density at radius 1 is 0.918 bits per heavy atom. The number of imidazole rings is 1. The van der Waals surface area contributed by atoms with E-state index in [9.17, 15) is 24.3 Å². The molecule has 6 heterocycles. The van der Waals surface area contributed by atoms with Crippen molar-refractivity contribution in [3.63, 3.8) is 0 Å². The van der Waals surface area contributed by atoms with Crippen LogP contribution in [0.25, 0.3) is 16.4 Å². The van der Waals surface area contributed by atoms with E-state index in [1.54, 1.807) is 29.7 Å². The summed E-state index contributed by atoms with van der Waals surface area (Å²) in [5, 5.41) is 30.2. The van der Waals surface area contributed by atoms with Crippen LogP contribution in [-0.2, 0) is 26.2 Å². The number of aryl methyl sites for hydroxylation is 3. The van der Waals surface area contributed by atoms with Crippen molar-refractivity contribution in [2.24, 2.45) is 17.5 Å². The van der Waals surface area contributed by atoms with Crippen LogP contribution in [-0.4, -0.2) is 112 Å². The fraction of sp³-hybridized carbons (Fsp3) is 0.415. The molecule has 6 aromatic rings. The Morgan fingerprint density at radius 2 is 1.64 bits per heavy atom. The van der Waals surface area contributed by atoms with Gasteiger partial charge in [0.05, 0.1) is 30.5 Å². The molecule has 1 saturated carbocycles. The number of hydrogen-bond acceptors (Lipinski definition) is 13. The first-order chi connectivity index (χ1) is 34.8. The molecule has 2 aliphatic heterocycles. The van der Waals surface area contributed by atoms with Crippen molar-refractivity contribution in [1.29, 1.82) is 0 Å². The lowest BCUT2D eigenvalue weighted by molar-refractivity contribution is -0.144. The summed E-state index contributed by atoms with van der Waals surface area (Å²) in [7, 11) is 1.92. The predicted molar refractivity (Wildman–Crippen MR) is 276 cm³/mol. The smallest absolute Gasteiger partial charge is 0.258 e. The first-order valence-corrected chi connectivity index (χ1v) is 25.6. The highest BCUT2D eigenvalue weighted by Gasteiger charge is 2.45. The minimum Gasteiger partial charge on any atom is -0.482 e. The molecule has 5 atom stereocenters. The number of pyridine rings is 1. The van der Waals surface area contributed by atoms with Crippen LogP contribution in [0.15, 0.2) is 84.2 Å². The Morgan fingerprint density at radius 3 is 2.32 bits per heavy atom. The molecule has 2 fully saturated rings. The molecule has 2 aromatic carbocycles. The number of aliphatic hydroxyl groups excluding tert-OH is 1. The summed E-state index contributed by atoms with van der Waals surface area (Å²) in [6.45, 7) is 12.9. The molecule has 18 nitrogen and oxygen atoms in total. The van der Waals surface area contributed by atoms with Crippen molar-refractivity contribution < 1.29 is 33.8 Å². The van der Waals surface area contributed by atoms with Gasteiger partial charge in [-0.2, -0.15) is 0 Å². The molecular formula is C53H60ClN11O7S. The van der Waals surface area contributed by atoms with Gasteiger partial charge in [0.25, 0.3) is 5.91 Å². The average Bonchev–Trinajstić information content (AvgIpc) is 4.11. The van der Waals surface area contributed by atoms with Crippen LogP contribution in [0.1, 0.15) is 104 Å². The lowest BCUT2D eigenvalue weighted by Crippen LogP contribution is -2.58. The van der Waals surface area contributed by atoms with Crippen LogP contribution in [0.3, 0.4) is 0 Å². The number of hydrogen-bond donors (Lipinski definition) is 4. The van der Waals surface area contributed by atoms with E-state index in [4.69, 9.17) is 26.1 Å². The summed E-state index contributed by atoms with van der Waals surface area (Å²) in [4.78, 5) is 71.4. The average molecular weight is 1030 g/mol. The summed E-state index contributed by atoms with van der Waals surface area (Å²) in [5.74, 6) is 1.23. The van der Waals surface area contributed by atoms with Crippen molar-refractivity contribution in [3.8, 4) is 28.0 Å². The molecule has 3 aliphatic rings. The third-order valence-electron chi connectivity index (χ3n) is 13.7. The number of carbonyl (C=O) groups is 4. The number of fused-ring (bicyclic) bond motifs is 3. The summed E-state index contributed by atoms with van der Waals surface area (Å²) in [6.07, 6.45) is 5.26. The number of aliphatic hydroxyl groups is 1. The number of carbonyl (C=O) groups excluding carboxylic acids is 4. The minimum atomic E-state index is -1.03. The van der Waals surface area contributed by atoms with Gasteiger partial charge in [0, 0.05) is 83.9 Å². The number of benzene rings is 2. The van der Waals surface area contributed by atoms with E-state index < -0.39 is 54.0 Å². The van der Waals surface area contributed by atoms with Gasteiger partial charge in [0.2, 0.25) is 23.6 Å². The van der Waals surface area contributed by atoms with Crippen molar-refractivity contribution >= 4 is 52.3 Å². The zero-order valence-electron chi connectivity index (χ0n) is 42.1. The standard InChI is InChI=1S/C53H60ClN11O7S/c1-28-30(3)73-52-45(28)46(33-13-15-35(54)16-14-33)59-40(49-62-61-31(4)65(49)52)24-42(67)58-36-21-39(22-36)72-44-18-17-38(25-56-44)71-27-43(68)60-47(53(5,6)7)51(70)64-26-37(66)23-41(64)50(69)57-29(2)32-9-11-34(12-10-32)48-55-19-20-63(48)8/h9-20,25,29,36-37,39-41,47,66H,21-24,26-27H2,1-8H3,(H,57,69)(H,58,67)(H,60,68)/t29-,36-,37+,39+,40-,41-,47?/m0/s1. The number of thiophene rings is 1. The van der Waals surface area contributed by atoms with Crippen LogP contribution in [0.4, 0.5) is 0 Å². The molecule has 4 N–H and O–H groups in total. The maximum Gasteiger partial charge on any atom is 0.258 e. The quantitative estimate of drug-likeness (QED) is 0.0875. The Kier molecular flexibility index (Phi) is 14.6. The second-order valence-electron chi connectivity index (χ2n) is 20.2. The topological polar surface area (TPSA) is 220 Å². The molecule has 0 radical (unpaired) electrons. The highest BCUT2D eigenvalue weighted by atomic mass is 35.5. The predicted octanol–water partition coefficient (Wildman–Crippen LogP) is 6.46. The Bertz CT molecular complexity index is 3050. The zero-order valence-corrected chi connectivity index (χ0v) is 43.6. The van der Waals surface area contributed by atoms with Crippen molar-refractivity contribution in [1.82, 2.24) is 50.1 Å². The number of amides is 4. The molecule has 1 unspecified atom stereocenters. The summed E-state index contributed by atoms with van der Waals surface area (Å²) in [5.41, 5.74) is 4.84. The number of β-amino-alcohol motifs (C(OH)–C–C–N with tert-alkyl or cyclic N) is 1. The molecule has 0 bridgehead atoms. The molecular weight excluding hydrogens is 970 g/mol. The molecule has 1 saturated heterocycles. The number of halogens is 1. The number of nitrogens with one attached hydrogen (secondary N) is 3. The van der Waals surface area contributed by atoms with E-state index in [-0.39, 0.29) is 43.5 Å². The SMILES string of the molecule is Cc1sc2c(c1C)C(c1ccc(Cl)cc1)=N[C@@H](CC(=O)N[C@H]1C[C@@H](Oc3ccc(OCC(=O)NC(C(=O)N4C[C@H](O)C[C@H]4C(=O)N[C@@H](C)c4ccc(-c5nccn5C)cc4)C(C)(C)C)cn3)C1)c1nnc(C)n1-2. The van der Waals surface area contributed by atoms with E-state index in [2.05, 4.69) is 50.0 Å². The minimum absolute atomic E-state index is 0.0516. The summed E-state index contributed by atoms with van der Waals surface area (Å²) in [6, 6.07) is 15.5. The van der Waals surface area contributed by atoms with Gasteiger partial charge >= 0.3 is 0 Å². The maximum atomic E-state index is 14.2. The van der Waals surface area contributed by atoms with E-state index in [0.29, 0.717) is 35.3 Å². The maximum absolute atomic E-state index is 14.2. The van der Waals surface area contributed by atoms with Crippen molar-refractivity contribution in [3.05, 3.63) is 123 Å². The van der Waals surface area contributed by atoms with Gasteiger partial charge in [-0.1, -0.05) is 68.8 Å². The number of nitrogens with zero attached hydrogens (tertiary/aromatic N) is 8. The molecule has 20 heteroatoms. The van der Waals surface area contributed by atoms with Crippen LogP contribution >= 0.6 is 22.9 Å². The lowest BCUT2D eigenvalue weighted by atomic mass is 9.85. The van der Waals surface area contributed by atoms with Gasteiger partial charge in [-0.25, -0.2) is 9.97 Å². The van der Waals surface area contributed by atoms with E-state index >= 15 is 0 Å². The Hall–Kier alpha value is -6.96. The van der Waals surface area contributed by atoms with E-state index in [1.165, 1.54) is 11.1 Å². The molecule has 4 amide bonds. The number of aliphatic imine (C=N–C) groups is 1. The number of likely N-dealkylation sites (tertiary alicyclic amines) is 1. The Labute approximate surface area is 432 Å². The van der Waals surface area contributed by atoms with Gasteiger partial charge in [0.15, 0.2) is 12.4 Å². The van der Waals surface area contributed by atoms with Gasteiger partial charge in [-0.3, -0.25) is 28.7 Å². The zero-order chi connectivity index (χ0) is 51.9. The molecule has 382 valence electrons. The summed E-state index contributed by atoms with van der Waals surface area (Å²) >= 11 is 7.92. The third-order valence-corrected chi connectivity index (χ3v) is 15.1. The molecule has 4 aromatic heterocycles. The fourth-order valence-electron chi connectivity index (χ4n) is 9.50. The van der Waals surface area contributed by atoms with Crippen LogP contribution in [0.5, 0.6) is 11.6 Å². The second kappa shape index (κ2) is 20.9. The monoisotopic (exact) mass is 1030 g/mol. The van der Waals surface area contributed by atoms with Gasteiger partial charge in [-0.05, 0) is 62.4 Å². The van der Waals surface area contributed by atoms with Gasteiger partial charge in [-0.15, -0.1) is 21.5 Å². The molecule has 0 spiro atoms.